The Hall–Kier alpha value is -2.07. The minimum Gasteiger partial charge on any atom is -0.309 e. The van der Waals surface area contributed by atoms with Crippen LogP contribution in [0.1, 0.15) is 17.5 Å². The van der Waals surface area contributed by atoms with Crippen LogP contribution in [0.4, 0.5) is 9.52 Å². The minimum absolute atomic E-state index is 0. The molecule has 6 nitrogen and oxygen atoms in total. The predicted octanol–water partition coefficient (Wildman–Crippen LogP) is 4.23. The number of carbonyl (C=O) groups is 1. The summed E-state index contributed by atoms with van der Waals surface area (Å²) in [5, 5.41) is 0.491. The first kappa shape index (κ1) is 26.2. The van der Waals surface area contributed by atoms with Crippen molar-refractivity contribution in [3.63, 3.8) is 0 Å². The molecule has 0 aliphatic heterocycles. The second-order valence-electron chi connectivity index (χ2n) is 7.79. The summed E-state index contributed by atoms with van der Waals surface area (Å²) in [7, 11) is -0.0284. The Morgan fingerprint density at radius 1 is 1.03 bits per heavy atom. The number of benzene rings is 2. The van der Waals surface area contributed by atoms with Crippen molar-refractivity contribution in [3.8, 4) is 0 Å². The number of amides is 1. The number of nitrogens with zero attached hydrogens (tertiary/aromatic N) is 3. The van der Waals surface area contributed by atoms with Crippen LogP contribution < -0.4 is 4.90 Å². The van der Waals surface area contributed by atoms with E-state index < -0.39 is 27.3 Å². The average molecular weight is 500 g/mol. The van der Waals surface area contributed by atoms with Crippen LogP contribution in [-0.2, 0) is 14.6 Å². The Morgan fingerprint density at radius 2 is 1.66 bits per heavy atom. The Bertz CT molecular complexity index is 1160. The third-order valence-corrected chi connectivity index (χ3v) is 7.77. The lowest BCUT2D eigenvalue weighted by atomic mass is 10.1. The van der Waals surface area contributed by atoms with Crippen LogP contribution in [0.15, 0.2) is 41.3 Å². The highest BCUT2D eigenvalue weighted by molar-refractivity contribution is 7.92. The van der Waals surface area contributed by atoms with Gasteiger partial charge < -0.3 is 4.90 Å². The first-order valence-electron chi connectivity index (χ1n) is 9.88. The maximum atomic E-state index is 13.2. The van der Waals surface area contributed by atoms with Crippen LogP contribution in [0, 0.1) is 19.7 Å². The molecule has 0 bridgehead atoms. The molecule has 10 heteroatoms. The smallest absolute Gasteiger partial charge is 0.244 e. The largest absolute Gasteiger partial charge is 0.309 e. The molecule has 0 saturated carbocycles. The molecule has 0 fully saturated rings. The molecule has 0 spiro atoms. The van der Waals surface area contributed by atoms with Gasteiger partial charge in [-0.15, -0.1) is 12.4 Å². The fraction of sp³-hybridized carbons (Fsp3) is 0.364. The molecule has 0 saturated heterocycles. The number of rotatable bonds is 8. The van der Waals surface area contributed by atoms with Gasteiger partial charge >= 0.3 is 0 Å². The molecule has 1 aromatic heterocycles. The summed E-state index contributed by atoms with van der Waals surface area (Å²) in [6, 6.07) is 8.50. The lowest BCUT2D eigenvalue weighted by Crippen LogP contribution is -2.37. The molecule has 1 heterocycles. The molecule has 0 radical (unpaired) electrons. The normalized spacial score (nSPS) is 11.6. The summed E-state index contributed by atoms with van der Waals surface area (Å²) >= 11 is 1.39. The van der Waals surface area contributed by atoms with Crippen molar-refractivity contribution >= 4 is 54.8 Å². The molecule has 0 unspecified atom stereocenters. The topological polar surface area (TPSA) is 70.6 Å². The molecule has 32 heavy (non-hydrogen) atoms. The van der Waals surface area contributed by atoms with Crippen molar-refractivity contribution < 1.29 is 17.6 Å². The minimum atomic E-state index is -3.91. The molecule has 2 aromatic carbocycles. The summed E-state index contributed by atoms with van der Waals surface area (Å²) in [5.74, 6) is -1.78. The maximum Gasteiger partial charge on any atom is 0.244 e. The van der Waals surface area contributed by atoms with E-state index >= 15 is 0 Å². The third kappa shape index (κ3) is 6.04. The molecule has 1 amide bonds. The van der Waals surface area contributed by atoms with Gasteiger partial charge in [0.15, 0.2) is 15.0 Å². The Morgan fingerprint density at radius 3 is 2.25 bits per heavy atom. The fourth-order valence-corrected chi connectivity index (χ4v) is 5.55. The summed E-state index contributed by atoms with van der Waals surface area (Å²) in [4.78, 5) is 21.2. The number of aromatic nitrogens is 1. The van der Waals surface area contributed by atoms with Crippen molar-refractivity contribution in [3.05, 3.63) is 53.3 Å². The van der Waals surface area contributed by atoms with Crippen LogP contribution in [0.25, 0.3) is 10.2 Å². The second-order valence-corrected chi connectivity index (χ2v) is 10.8. The lowest BCUT2D eigenvalue weighted by Gasteiger charge is -2.21. The van der Waals surface area contributed by atoms with E-state index in [0.29, 0.717) is 18.1 Å². The monoisotopic (exact) mass is 499 g/mol. The zero-order valence-electron chi connectivity index (χ0n) is 18.5. The van der Waals surface area contributed by atoms with Gasteiger partial charge in [-0.05, 0) is 76.3 Å². The van der Waals surface area contributed by atoms with E-state index in [1.54, 1.807) is 0 Å². The summed E-state index contributed by atoms with van der Waals surface area (Å²) < 4.78 is 39.7. The van der Waals surface area contributed by atoms with Crippen molar-refractivity contribution in [1.82, 2.24) is 9.88 Å². The highest BCUT2D eigenvalue weighted by Gasteiger charge is 2.27. The van der Waals surface area contributed by atoms with E-state index in [0.717, 1.165) is 40.0 Å². The zero-order valence-corrected chi connectivity index (χ0v) is 20.9. The van der Waals surface area contributed by atoms with Gasteiger partial charge in [-0.25, -0.2) is 17.8 Å². The van der Waals surface area contributed by atoms with Crippen LogP contribution in [-0.4, -0.2) is 57.1 Å². The number of fused-ring (bicyclic) bond motifs is 1. The number of thiazole rings is 1. The molecule has 0 aliphatic carbocycles. The van der Waals surface area contributed by atoms with Crippen LogP contribution >= 0.6 is 23.7 Å². The number of hydrogen-bond donors (Lipinski definition) is 0. The lowest BCUT2D eigenvalue weighted by molar-refractivity contribution is -0.116. The Labute approximate surface area is 198 Å². The first-order chi connectivity index (χ1) is 14.6. The van der Waals surface area contributed by atoms with E-state index in [4.69, 9.17) is 0 Å². The quantitative estimate of drug-likeness (QED) is 0.434. The fourth-order valence-electron chi connectivity index (χ4n) is 3.20. The molecule has 0 atom stereocenters. The van der Waals surface area contributed by atoms with Crippen molar-refractivity contribution in [2.75, 3.05) is 37.8 Å². The molecule has 0 aliphatic rings. The van der Waals surface area contributed by atoms with Gasteiger partial charge in [-0.3, -0.25) is 9.69 Å². The number of carbonyl (C=O) groups excluding carboxylic acids is 1. The molecular formula is C22H27ClFN3O3S2. The Balaban J connectivity index is 0.00000363. The van der Waals surface area contributed by atoms with Crippen LogP contribution in [0.3, 0.4) is 0 Å². The van der Waals surface area contributed by atoms with Crippen molar-refractivity contribution in [2.45, 2.75) is 25.2 Å². The third-order valence-electron chi connectivity index (χ3n) is 4.94. The molecular weight excluding hydrogens is 473 g/mol. The van der Waals surface area contributed by atoms with Crippen LogP contribution in [0.2, 0.25) is 0 Å². The SMILES string of the molecule is Cc1ccc(C)c2sc(N(CCCN(C)C)C(=O)CS(=O)(=O)c3ccc(F)cc3)nc12.Cl. The molecule has 174 valence electrons. The van der Waals surface area contributed by atoms with Gasteiger partial charge in [0, 0.05) is 6.54 Å². The highest BCUT2D eigenvalue weighted by Crippen LogP contribution is 2.33. The van der Waals surface area contributed by atoms with E-state index in [2.05, 4.69) is 4.98 Å². The molecule has 3 aromatic rings. The predicted molar refractivity (Wildman–Crippen MR) is 130 cm³/mol. The standard InChI is InChI=1S/C22H26FN3O3S2.ClH/c1-15-6-7-16(2)21-20(15)24-22(30-21)26(13-5-12-25(3)4)19(27)14-31(28,29)18-10-8-17(23)9-11-18;/h6-11H,5,12-14H2,1-4H3;1H. The van der Waals surface area contributed by atoms with Crippen molar-refractivity contribution in [1.29, 1.82) is 0 Å². The number of hydrogen-bond acceptors (Lipinski definition) is 6. The summed E-state index contributed by atoms with van der Waals surface area (Å²) in [6.45, 7) is 5.05. The van der Waals surface area contributed by atoms with E-state index in [9.17, 15) is 17.6 Å². The maximum absolute atomic E-state index is 13.2. The Kier molecular flexibility index (Phi) is 8.75. The van der Waals surface area contributed by atoms with Gasteiger partial charge in [0.25, 0.3) is 0 Å². The summed E-state index contributed by atoms with van der Waals surface area (Å²) in [5.41, 5.74) is 2.89. The zero-order chi connectivity index (χ0) is 22.8. The average Bonchev–Trinajstić information content (AvgIpc) is 3.14. The molecule has 3 rings (SSSR count). The van der Waals surface area contributed by atoms with Crippen LogP contribution in [0.5, 0.6) is 0 Å². The van der Waals surface area contributed by atoms with Gasteiger partial charge in [0.05, 0.1) is 15.1 Å². The van der Waals surface area contributed by atoms with Gasteiger partial charge in [-0.2, -0.15) is 0 Å². The van der Waals surface area contributed by atoms with Crippen molar-refractivity contribution in [2.24, 2.45) is 0 Å². The van der Waals surface area contributed by atoms with E-state index in [1.807, 2.05) is 45.0 Å². The van der Waals surface area contributed by atoms with Gasteiger partial charge in [0.2, 0.25) is 5.91 Å². The highest BCUT2D eigenvalue weighted by atomic mass is 35.5. The number of sulfone groups is 1. The molecule has 0 N–H and O–H groups in total. The van der Waals surface area contributed by atoms with Gasteiger partial charge in [-0.1, -0.05) is 23.5 Å². The number of anilines is 1. The second kappa shape index (κ2) is 10.7. The number of aryl methyl sites for hydroxylation is 2. The van der Waals surface area contributed by atoms with E-state index in [-0.39, 0.29) is 17.3 Å². The first-order valence-corrected chi connectivity index (χ1v) is 12.4. The van der Waals surface area contributed by atoms with E-state index in [1.165, 1.54) is 28.4 Å². The summed E-state index contributed by atoms with van der Waals surface area (Å²) in [6.07, 6.45) is 0.670. The number of halogens is 2. The van der Waals surface area contributed by atoms with Gasteiger partial charge in [0.1, 0.15) is 11.6 Å².